The van der Waals surface area contributed by atoms with Gasteiger partial charge in [-0.2, -0.15) is 0 Å². The maximum absolute atomic E-state index is 14.1. The average Bonchev–Trinajstić information content (AvgIpc) is 3.74. The number of amides is 1. The Labute approximate surface area is 234 Å². The summed E-state index contributed by atoms with van der Waals surface area (Å²) in [7, 11) is 0. The molecule has 3 aromatic carbocycles. The van der Waals surface area contributed by atoms with Gasteiger partial charge in [-0.1, -0.05) is 96.5 Å². The molecular weight excluding hydrogens is 530 g/mol. The summed E-state index contributed by atoms with van der Waals surface area (Å²) in [5.74, 6) is -2.69. The summed E-state index contributed by atoms with van der Waals surface area (Å²) >= 11 is 6.23. The van der Waals surface area contributed by atoms with Gasteiger partial charge >= 0.3 is 5.97 Å². The predicted molar refractivity (Wildman–Crippen MR) is 144 cm³/mol. The molecule has 1 spiro atoms. The molecular formula is C30H24ClN5O4. The molecule has 0 aliphatic carbocycles. The number of fused-ring (bicyclic) bond motifs is 1. The van der Waals surface area contributed by atoms with Crippen LogP contribution in [0.3, 0.4) is 0 Å². The number of ether oxygens (including phenoxy) is 1. The molecule has 2 saturated heterocycles. The van der Waals surface area contributed by atoms with Crippen molar-refractivity contribution >= 4 is 23.5 Å². The number of likely N-dealkylation sites (tertiary alicyclic amines) is 1. The number of carboxylic acid groups (broad SMARTS) is 1. The van der Waals surface area contributed by atoms with E-state index in [0.717, 1.165) is 16.7 Å². The third-order valence-corrected chi connectivity index (χ3v) is 8.40. The molecule has 0 radical (unpaired) electrons. The molecule has 0 unspecified atom stereocenters. The number of halogens is 1. The normalized spacial score (nSPS) is 25.5. The van der Waals surface area contributed by atoms with Gasteiger partial charge in [0.05, 0.1) is 18.6 Å². The lowest BCUT2D eigenvalue weighted by molar-refractivity contribution is -0.148. The smallest absolute Gasteiger partial charge is 0.310 e. The number of aromatic nitrogens is 4. The fraction of sp³-hybridized carbons (Fsp3) is 0.233. The van der Waals surface area contributed by atoms with E-state index in [1.54, 1.807) is 27.8 Å². The molecule has 4 aromatic rings. The van der Waals surface area contributed by atoms with Crippen molar-refractivity contribution in [1.29, 1.82) is 0 Å². The predicted octanol–water partition coefficient (Wildman–Crippen LogP) is 3.92. The Morgan fingerprint density at radius 1 is 0.950 bits per heavy atom. The fourth-order valence-corrected chi connectivity index (χ4v) is 6.58. The van der Waals surface area contributed by atoms with E-state index in [-0.39, 0.29) is 18.5 Å². The molecule has 200 valence electrons. The van der Waals surface area contributed by atoms with E-state index in [4.69, 9.17) is 16.3 Å². The Morgan fingerprint density at radius 2 is 1.57 bits per heavy atom. The number of carbonyl (C=O) groups is 2. The van der Waals surface area contributed by atoms with E-state index in [9.17, 15) is 14.7 Å². The van der Waals surface area contributed by atoms with Crippen molar-refractivity contribution < 1.29 is 19.4 Å². The lowest BCUT2D eigenvalue weighted by Crippen LogP contribution is -2.40. The van der Waals surface area contributed by atoms with Gasteiger partial charge in [-0.15, -0.1) is 5.10 Å². The molecule has 0 saturated carbocycles. The number of aliphatic carboxylic acids is 1. The van der Waals surface area contributed by atoms with Crippen LogP contribution in [0.5, 0.6) is 0 Å². The average molecular weight is 554 g/mol. The number of tetrazole rings is 1. The van der Waals surface area contributed by atoms with Gasteiger partial charge in [-0.05, 0) is 39.2 Å². The first-order chi connectivity index (χ1) is 19.5. The summed E-state index contributed by atoms with van der Waals surface area (Å²) in [5.41, 5.74) is 1.68. The second-order valence-electron chi connectivity index (χ2n) is 10.4. The van der Waals surface area contributed by atoms with Gasteiger partial charge in [0.15, 0.2) is 5.82 Å². The van der Waals surface area contributed by atoms with Crippen molar-refractivity contribution in [1.82, 2.24) is 25.1 Å². The molecule has 2 bridgehead atoms. The Kier molecular flexibility index (Phi) is 5.80. The summed E-state index contributed by atoms with van der Waals surface area (Å²) in [4.78, 5) is 28.0. The number of hydrogen-bond acceptors (Lipinski definition) is 6. The highest BCUT2D eigenvalue weighted by molar-refractivity contribution is 6.30. The number of nitrogens with zero attached hydrogens (tertiary/aromatic N) is 5. The number of hydrogen-bond donors (Lipinski definition) is 1. The Morgan fingerprint density at radius 3 is 2.20 bits per heavy atom. The first-order valence-corrected chi connectivity index (χ1v) is 13.4. The topological polar surface area (TPSA) is 110 Å². The Balaban J connectivity index is 1.38. The van der Waals surface area contributed by atoms with Gasteiger partial charge in [-0.25, -0.2) is 4.68 Å². The Hall–Kier alpha value is -4.34. The van der Waals surface area contributed by atoms with Crippen LogP contribution in [-0.4, -0.2) is 60.3 Å². The lowest BCUT2D eigenvalue weighted by atomic mass is 9.77. The van der Waals surface area contributed by atoms with Crippen molar-refractivity contribution in [2.24, 2.45) is 11.8 Å². The van der Waals surface area contributed by atoms with Crippen molar-refractivity contribution in [2.45, 2.75) is 23.8 Å². The monoisotopic (exact) mass is 553 g/mol. The summed E-state index contributed by atoms with van der Waals surface area (Å²) in [6.07, 6.45) is 2.99. The minimum absolute atomic E-state index is 0.175. The maximum Gasteiger partial charge on any atom is 0.310 e. The summed E-state index contributed by atoms with van der Waals surface area (Å²) < 4.78 is 7.91. The van der Waals surface area contributed by atoms with Crippen LogP contribution in [0.25, 0.3) is 0 Å². The highest BCUT2D eigenvalue weighted by atomic mass is 35.5. The molecule has 1 amide bonds. The first-order valence-electron chi connectivity index (χ1n) is 13.0. The molecule has 3 aliphatic rings. The fourth-order valence-electron chi connectivity index (χ4n) is 6.45. The number of rotatable bonds is 7. The van der Waals surface area contributed by atoms with Crippen LogP contribution < -0.4 is 0 Å². The lowest BCUT2D eigenvalue weighted by Gasteiger charge is -2.31. The number of benzene rings is 3. The number of carbonyl (C=O) groups excluding carboxylic acids is 1. The van der Waals surface area contributed by atoms with Crippen LogP contribution in [0.2, 0.25) is 5.02 Å². The van der Waals surface area contributed by atoms with Gasteiger partial charge in [0, 0.05) is 5.02 Å². The van der Waals surface area contributed by atoms with Crippen molar-refractivity contribution in [2.75, 3.05) is 6.54 Å². The standard InChI is InChI=1S/C30H24ClN5O4/c31-21-13-11-20(12-14-21)26(35-17-30-16-15-22(40-30)23(29(38)39)24(30)28(35)37)27-32-33-34-36(27)25(18-7-3-1-4-8-18)19-9-5-2-6-10-19/h1-16,22-26H,17H2,(H,38,39)/t22-,23+,24-,26-,30+/m1/s1. The molecule has 7 rings (SSSR count). The molecule has 5 atom stereocenters. The van der Waals surface area contributed by atoms with Crippen LogP contribution in [-0.2, 0) is 14.3 Å². The summed E-state index contributed by atoms with van der Waals surface area (Å²) in [6.45, 7) is 0.175. The van der Waals surface area contributed by atoms with Crippen LogP contribution in [0.4, 0.5) is 0 Å². The minimum Gasteiger partial charge on any atom is -0.481 e. The number of carboxylic acids is 1. The van der Waals surface area contributed by atoms with Gasteiger partial charge in [0.25, 0.3) is 0 Å². The zero-order valence-corrected chi connectivity index (χ0v) is 21.9. The van der Waals surface area contributed by atoms with Crippen LogP contribution in [0.1, 0.15) is 34.6 Å². The molecule has 4 heterocycles. The molecule has 10 heteroatoms. The zero-order chi connectivity index (χ0) is 27.4. The molecule has 1 aromatic heterocycles. The van der Waals surface area contributed by atoms with E-state index in [0.29, 0.717) is 10.8 Å². The summed E-state index contributed by atoms with van der Waals surface area (Å²) in [5, 5.41) is 23.5. The molecule has 40 heavy (non-hydrogen) atoms. The van der Waals surface area contributed by atoms with E-state index in [1.165, 1.54) is 0 Å². The Bertz CT molecular complexity index is 1570. The maximum atomic E-state index is 14.1. The third-order valence-electron chi connectivity index (χ3n) is 8.15. The van der Waals surface area contributed by atoms with Gasteiger partial charge in [0.2, 0.25) is 5.91 Å². The first kappa shape index (κ1) is 24.7. The van der Waals surface area contributed by atoms with E-state index >= 15 is 0 Å². The van der Waals surface area contributed by atoms with E-state index in [1.807, 2.05) is 78.9 Å². The van der Waals surface area contributed by atoms with Gasteiger partial charge in [-0.3, -0.25) is 9.59 Å². The van der Waals surface area contributed by atoms with Crippen molar-refractivity contribution in [3.63, 3.8) is 0 Å². The minimum atomic E-state index is -1.04. The quantitative estimate of drug-likeness (QED) is 0.345. The SMILES string of the molecule is O=C(O)[C@H]1[C@H]2C=C[C@@]3(CN([C@H](c4ccc(Cl)cc4)c4nnnn4C(c4ccccc4)c4ccccc4)C(=O)[C@@H]13)O2. The highest BCUT2D eigenvalue weighted by Crippen LogP contribution is 2.54. The van der Waals surface area contributed by atoms with Crippen molar-refractivity contribution in [3.8, 4) is 0 Å². The second-order valence-corrected chi connectivity index (χ2v) is 10.8. The third kappa shape index (κ3) is 3.76. The van der Waals surface area contributed by atoms with Crippen LogP contribution in [0.15, 0.2) is 97.1 Å². The largest absolute Gasteiger partial charge is 0.481 e. The highest BCUT2D eigenvalue weighted by Gasteiger charge is 2.68. The molecule has 3 aliphatic heterocycles. The van der Waals surface area contributed by atoms with Gasteiger partial charge < -0.3 is 14.7 Å². The molecule has 9 nitrogen and oxygen atoms in total. The van der Waals surface area contributed by atoms with E-state index in [2.05, 4.69) is 15.5 Å². The van der Waals surface area contributed by atoms with Crippen LogP contribution in [0, 0.1) is 11.8 Å². The van der Waals surface area contributed by atoms with Crippen molar-refractivity contribution in [3.05, 3.63) is 125 Å². The zero-order valence-electron chi connectivity index (χ0n) is 21.1. The molecule has 2 fully saturated rings. The second kappa shape index (κ2) is 9.39. The van der Waals surface area contributed by atoms with Gasteiger partial charge in [0.1, 0.15) is 23.6 Å². The molecule has 1 N–H and O–H groups in total. The van der Waals surface area contributed by atoms with Crippen LogP contribution >= 0.6 is 11.6 Å². The van der Waals surface area contributed by atoms with E-state index < -0.39 is 35.6 Å². The summed E-state index contributed by atoms with van der Waals surface area (Å²) in [6, 6.07) is 25.9.